The number of nitrogens with zero attached hydrogens (tertiary/aromatic N) is 2. The molecule has 2 aliphatic heterocycles. The van der Waals surface area contributed by atoms with Crippen molar-refractivity contribution >= 4 is 46.3 Å². The molecule has 5 aromatic rings. The fraction of sp³-hybridized carbons (Fsp3) is 0.238. The molecule has 2 unspecified atom stereocenters. The van der Waals surface area contributed by atoms with Gasteiger partial charge in [-0.3, -0.25) is 19.2 Å². The number of carbonyl (C=O) groups excluding carboxylic acids is 4. The number of hydrogen-bond donors (Lipinski definition) is 2. The Balaban J connectivity index is 0.927. The summed E-state index contributed by atoms with van der Waals surface area (Å²) in [5.74, 6) is -0.357. The van der Waals surface area contributed by atoms with Gasteiger partial charge in [-0.05, 0) is 84.3 Å². The second-order valence-corrected chi connectivity index (χ2v) is 14.2. The zero-order chi connectivity index (χ0) is 35.2. The molecule has 258 valence electrons. The molecule has 2 atom stereocenters. The minimum Gasteiger partial charge on any atom is -0.330 e. The number of nitrogens with one attached hydrogen (secondary N) is 2. The maximum Gasteiger partial charge on any atom is 0.247 e. The molecule has 0 bridgehead atoms. The van der Waals surface area contributed by atoms with Crippen molar-refractivity contribution in [1.29, 1.82) is 0 Å². The number of anilines is 2. The highest BCUT2D eigenvalue weighted by Crippen LogP contribution is 2.35. The molecule has 51 heavy (non-hydrogen) atoms. The van der Waals surface area contributed by atoms with Crippen LogP contribution in [0.2, 0.25) is 0 Å². The van der Waals surface area contributed by atoms with E-state index in [4.69, 9.17) is 0 Å². The summed E-state index contributed by atoms with van der Waals surface area (Å²) in [7, 11) is 0. The predicted molar refractivity (Wildman–Crippen MR) is 202 cm³/mol. The van der Waals surface area contributed by atoms with Gasteiger partial charge >= 0.3 is 0 Å². The van der Waals surface area contributed by atoms with Crippen molar-refractivity contribution in [2.24, 2.45) is 0 Å². The average Bonchev–Trinajstić information content (AvgIpc) is 3.95. The summed E-state index contributed by atoms with van der Waals surface area (Å²) >= 11 is 1.66. The quantitative estimate of drug-likeness (QED) is 0.159. The Morgan fingerprint density at radius 1 is 0.529 bits per heavy atom. The van der Waals surface area contributed by atoms with Gasteiger partial charge in [0, 0.05) is 34.2 Å². The van der Waals surface area contributed by atoms with Crippen LogP contribution >= 0.6 is 11.3 Å². The third-order valence-electron chi connectivity index (χ3n) is 9.63. The monoisotopic (exact) mass is 696 g/mol. The van der Waals surface area contributed by atoms with Crippen LogP contribution in [0, 0.1) is 0 Å². The molecule has 0 aliphatic carbocycles. The SMILES string of the molecule is O=C(Nc1ccc(-c2ccc(-c3ccc(NC(=O)C4CCCN4C(=O)Cc4ccccc4)cc3)s2)cc1)C1CCCN1C(=O)Cc1ccccc1. The average molecular weight is 697 g/mol. The molecule has 2 saturated heterocycles. The number of benzene rings is 4. The van der Waals surface area contributed by atoms with E-state index in [0.29, 0.717) is 50.1 Å². The van der Waals surface area contributed by atoms with Gasteiger partial charge in [0.05, 0.1) is 12.8 Å². The summed E-state index contributed by atoms with van der Waals surface area (Å²) in [6.07, 6.45) is 3.53. The molecule has 1 aromatic heterocycles. The van der Waals surface area contributed by atoms with Gasteiger partial charge in [-0.2, -0.15) is 0 Å². The van der Waals surface area contributed by atoms with Gasteiger partial charge in [0.2, 0.25) is 23.6 Å². The van der Waals surface area contributed by atoms with Gasteiger partial charge in [0.15, 0.2) is 0 Å². The number of hydrogen-bond acceptors (Lipinski definition) is 5. The van der Waals surface area contributed by atoms with E-state index in [1.807, 2.05) is 109 Å². The highest BCUT2D eigenvalue weighted by atomic mass is 32.1. The maximum absolute atomic E-state index is 13.2. The second kappa shape index (κ2) is 15.6. The summed E-state index contributed by atoms with van der Waals surface area (Å²) < 4.78 is 0. The lowest BCUT2D eigenvalue weighted by Gasteiger charge is -2.24. The zero-order valence-corrected chi connectivity index (χ0v) is 29.1. The first kappa shape index (κ1) is 33.9. The Labute approximate surface area is 302 Å². The van der Waals surface area contributed by atoms with E-state index >= 15 is 0 Å². The smallest absolute Gasteiger partial charge is 0.247 e. The van der Waals surface area contributed by atoms with Gasteiger partial charge in [-0.25, -0.2) is 0 Å². The lowest BCUT2D eigenvalue weighted by atomic mass is 10.1. The van der Waals surface area contributed by atoms with Crippen LogP contribution in [-0.4, -0.2) is 58.6 Å². The first-order valence-corrected chi connectivity index (χ1v) is 18.3. The van der Waals surface area contributed by atoms with Gasteiger partial charge in [-0.1, -0.05) is 84.9 Å². The molecule has 0 saturated carbocycles. The number of thiophene rings is 1. The van der Waals surface area contributed by atoms with Crippen LogP contribution in [0.25, 0.3) is 20.9 Å². The lowest BCUT2D eigenvalue weighted by molar-refractivity contribution is -0.136. The summed E-state index contributed by atoms with van der Waals surface area (Å²) in [5, 5.41) is 6.04. The van der Waals surface area contributed by atoms with Crippen molar-refractivity contribution in [2.75, 3.05) is 23.7 Å². The van der Waals surface area contributed by atoms with Crippen LogP contribution < -0.4 is 10.6 Å². The standard InChI is InChI=1S/C42H40N4O4S/c47-39(27-29-9-3-1-4-10-29)45-25-7-13-35(45)41(49)43-33-19-15-31(16-20-33)37-23-24-38(51-37)32-17-21-34(22-18-32)44-42(50)36-14-8-26-46(36)40(48)28-30-11-5-2-6-12-30/h1-6,9-12,15-24,35-36H,7-8,13-14,25-28H2,(H,43,49)(H,44,50). The summed E-state index contributed by atoms with van der Waals surface area (Å²) in [5.41, 5.74) is 5.36. The molecule has 4 amide bonds. The van der Waals surface area contributed by atoms with E-state index in [9.17, 15) is 19.2 Å². The van der Waals surface area contributed by atoms with E-state index in [1.54, 1.807) is 21.1 Å². The Kier molecular flexibility index (Phi) is 10.4. The summed E-state index contributed by atoms with van der Waals surface area (Å²) in [6, 6.07) is 38.1. The summed E-state index contributed by atoms with van der Waals surface area (Å²) in [6.45, 7) is 1.19. The highest BCUT2D eigenvalue weighted by Gasteiger charge is 2.35. The molecule has 7 rings (SSSR count). The molecule has 0 spiro atoms. The number of rotatable bonds is 10. The van der Waals surface area contributed by atoms with E-state index < -0.39 is 12.1 Å². The third-order valence-corrected chi connectivity index (χ3v) is 10.8. The van der Waals surface area contributed by atoms with Crippen LogP contribution in [-0.2, 0) is 32.0 Å². The largest absolute Gasteiger partial charge is 0.330 e. The first-order valence-electron chi connectivity index (χ1n) is 17.5. The predicted octanol–water partition coefficient (Wildman–Crippen LogP) is 7.43. The molecule has 2 aliphatic rings. The van der Waals surface area contributed by atoms with E-state index in [0.717, 1.165) is 44.8 Å². The Bertz CT molecular complexity index is 1850. The Hall–Kier alpha value is -5.54. The Morgan fingerprint density at radius 2 is 0.922 bits per heavy atom. The fourth-order valence-electron chi connectivity index (χ4n) is 6.95. The van der Waals surface area contributed by atoms with Crippen LogP contribution in [0.4, 0.5) is 11.4 Å². The molecular weight excluding hydrogens is 657 g/mol. The van der Waals surface area contributed by atoms with Crippen LogP contribution in [0.3, 0.4) is 0 Å². The normalized spacial score (nSPS) is 16.9. The van der Waals surface area contributed by atoms with Gasteiger partial charge < -0.3 is 20.4 Å². The van der Waals surface area contributed by atoms with Gasteiger partial charge in [-0.15, -0.1) is 11.3 Å². The Morgan fingerprint density at radius 3 is 1.31 bits per heavy atom. The lowest BCUT2D eigenvalue weighted by Crippen LogP contribution is -2.43. The molecular formula is C42H40N4O4S. The van der Waals surface area contributed by atoms with Crippen molar-refractivity contribution in [3.8, 4) is 20.9 Å². The van der Waals surface area contributed by atoms with E-state index in [-0.39, 0.29) is 23.6 Å². The molecule has 4 aromatic carbocycles. The number of amides is 4. The number of carbonyl (C=O) groups is 4. The van der Waals surface area contributed by atoms with Crippen molar-refractivity contribution in [2.45, 2.75) is 50.6 Å². The first-order chi connectivity index (χ1) is 24.9. The summed E-state index contributed by atoms with van der Waals surface area (Å²) in [4.78, 5) is 58.0. The topological polar surface area (TPSA) is 98.8 Å². The second-order valence-electron chi connectivity index (χ2n) is 13.1. The van der Waals surface area contributed by atoms with Crippen LogP contribution in [0.1, 0.15) is 36.8 Å². The van der Waals surface area contributed by atoms with Crippen molar-refractivity contribution in [1.82, 2.24) is 9.80 Å². The molecule has 0 radical (unpaired) electrons. The van der Waals surface area contributed by atoms with E-state index in [2.05, 4.69) is 22.8 Å². The van der Waals surface area contributed by atoms with Gasteiger partial charge in [0.1, 0.15) is 12.1 Å². The highest BCUT2D eigenvalue weighted by molar-refractivity contribution is 7.18. The maximum atomic E-state index is 13.2. The van der Waals surface area contributed by atoms with Crippen molar-refractivity contribution in [3.63, 3.8) is 0 Å². The fourth-order valence-corrected chi connectivity index (χ4v) is 7.97. The van der Waals surface area contributed by atoms with Crippen molar-refractivity contribution in [3.05, 3.63) is 132 Å². The van der Waals surface area contributed by atoms with Crippen molar-refractivity contribution < 1.29 is 19.2 Å². The number of likely N-dealkylation sites (tertiary alicyclic amines) is 2. The van der Waals surface area contributed by atoms with Crippen LogP contribution in [0.5, 0.6) is 0 Å². The molecule has 2 fully saturated rings. The van der Waals surface area contributed by atoms with Gasteiger partial charge in [0.25, 0.3) is 0 Å². The zero-order valence-electron chi connectivity index (χ0n) is 28.3. The minimum absolute atomic E-state index is 0.0228. The molecule has 9 heteroatoms. The molecule has 3 heterocycles. The van der Waals surface area contributed by atoms with Crippen LogP contribution in [0.15, 0.2) is 121 Å². The molecule has 8 nitrogen and oxygen atoms in total. The molecule has 2 N–H and O–H groups in total. The third kappa shape index (κ3) is 8.10. The minimum atomic E-state index is -0.466. The van der Waals surface area contributed by atoms with E-state index in [1.165, 1.54) is 0 Å².